The summed E-state index contributed by atoms with van der Waals surface area (Å²) in [6.07, 6.45) is 2.94. The van der Waals surface area contributed by atoms with Crippen LogP contribution in [0.5, 0.6) is 5.75 Å². The molecular formula is C20H17FN2O3. The molecule has 4 rings (SSSR count). The van der Waals surface area contributed by atoms with Gasteiger partial charge in [-0.2, -0.15) is 0 Å². The lowest BCUT2D eigenvalue weighted by Gasteiger charge is -2.10. The third-order valence-electron chi connectivity index (χ3n) is 4.33. The largest absolute Gasteiger partial charge is 0.484 e. The number of hydrogen-bond acceptors (Lipinski definition) is 4. The number of carbonyl (C=O) groups excluding carboxylic acids is 1. The molecule has 0 atom stereocenters. The van der Waals surface area contributed by atoms with E-state index >= 15 is 0 Å². The summed E-state index contributed by atoms with van der Waals surface area (Å²) in [5.41, 5.74) is 2.74. The standard InChI is InChI=1S/C20H17FN2O3/c21-15-6-3-7-17(10-15)25-12-19-23-18(11-26-19)20(24)22-16-8-13-4-1-2-5-14(13)9-16/h1-7,10-11,16H,8-9,12H2,(H,22,24). The average Bonchev–Trinajstić information content (AvgIpc) is 3.26. The lowest BCUT2D eigenvalue weighted by atomic mass is 10.1. The van der Waals surface area contributed by atoms with Crippen LogP contribution in [0.2, 0.25) is 0 Å². The van der Waals surface area contributed by atoms with Crippen LogP contribution in [0.4, 0.5) is 4.39 Å². The van der Waals surface area contributed by atoms with Crippen LogP contribution in [0.1, 0.15) is 27.5 Å². The molecule has 0 fully saturated rings. The number of ether oxygens (including phenoxy) is 1. The fourth-order valence-electron chi connectivity index (χ4n) is 3.10. The monoisotopic (exact) mass is 352 g/mol. The van der Waals surface area contributed by atoms with Crippen molar-refractivity contribution in [3.05, 3.63) is 83.3 Å². The molecule has 0 radical (unpaired) electrons. The Morgan fingerprint density at radius 3 is 2.69 bits per heavy atom. The third-order valence-corrected chi connectivity index (χ3v) is 4.33. The molecule has 1 amide bonds. The van der Waals surface area contributed by atoms with Crippen LogP contribution >= 0.6 is 0 Å². The van der Waals surface area contributed by atoms with E-state index in [0.29, 0.717) is 5.75 Å². The number of nitrogens with one attached hydrogen (secondary N) is 1. The number of amides is 1. The Labute approximate surface area is 149 Å². The predicted molar refractivity (Wildman–Crippen MR) is 92.3 cm³/mol. The molecule has 6 heteroatoms. The molecule has 0 bridgehead atoms. The van der Waals surface area contributed by atoms with Gasteiger partial charge in [0, 0.05) is 12.1 Å². The lowest BCUT2D eigenvalue weighted by Crippen LogP contribution is -2.35. The highest BCUT2D eigenvalue weighted by Crippen LogP contribution is 2.22. The zero-order chi connectivity index (χ0) is 17.9. The van der Waals surface area contributed by atoms with Crippen LogP contribution in [0.3, 0.4) is 0 Å². The summed E-state index contributed by atoms with van der Waals surface area (Å²) in [4.78, 5) is 16.5. The molecule has 2 aromatic carbocycles. The minimum absolute atomic E-state index is 0.0194. The molecule has 0 saturated heterocycles. The smallest absolute Gasteiger partial charge is 0.273 e. The van der Waals surface area contributed by atoms with Gasteiger partial charge in [-0.15, -0.1) is 0 Å². The lowest BCUT2D eigenvalue weighted by molar-refractivity contribution is 0.0933. The number of carbonyl (C=O) groups is 1. The fourth-order valence-corrected chi connectivity index (χ4v) is 3.10. The van der Waals surface area contributed by atoms with Crippen molar-refractivity contribution in [2.75, 3.05) is 0 Å². The summed E-state index contributed by atoms with van der Waals surface area (Å²) < 4.78 is 23.8. The number of rotatable bonds is 5. The Morgan fingerprint density at radius 1 is 1.19 bits per heavy atom. The van der Waals surface area contributed by atoms with E-state index in [0.717, 1.165) is 12.8 Å². The number of aromatic nitrogens is 1. The first kappa shape index (κ1) is 16.3. The highest BCUT2D eigenvalue weighted by Gasteiger charge is 2.24. The van der Waals surface area contributed by atoms with Gasteiger partial charge in [-0.1, -0.05) is 30.3 Å². The van der Waals surface area contributed by atoms with Gasteiger partial charge < -0.3 is 14.5 Å². The molecule has 1 aliphatic carbocycles. The van der Waals surface area contributed by atoms with Gasteiger partial charge in [0.25, 0.3) is 5.91 Å². The number of halogens is 1. The molecule has 0 unspecified atom stereocenters. The number of oxazole rings is 1. The van der Waals surface area contributed by atoms with Crippen molar-refractivity contribution < 1.29 is 18.3 Å². The summed E-state index contributed by atoms with van der Waals surface area (Å²) in [5, 5.41) is 2.98. The van der Waals surface area contributed by atoms with Crippen LogP contribution in [-0.2, 0) is 19.4 Å². The molecule has 1 heterocycles. The third kappa shape index (κ3) is 3.59. The zero-order valence-corrected chi connectivity index (χ0v) is 13.9. The van der Waals surface area contributed by atoms with Crippen molar-refractivity contribution in [3.63, 3.8) is 0 Å². The molecule has 1 aromatic heterocycles. The van der Waals surface area contributed by atoms with Gasteiger partial charge in [-0.25, -0.2) is 9.37 Å². The van der Waals surface area contributed by atoms with Crippen molar-refractivity contribution >= 4 is 5.91 Å². The highest BCUT2D eigenvalue weighted by molar-refractivity contribution is 5.92. The van der Waals surface area contributed by atoms with Gasteiger partial charge in [0.05, 0.1) is 0 Å². The fraction of sp³-hybridized carbons (Fsp3) is 0.200. The molecule has 3 aromatic rings. The van der Waals surface area contributed by atoms with E-state index in [-0.39, 0.29) is 36.0 Å². The normalized spacial score (nSPS) is 13.4. The molecule has 5 nitrogen and oxygen atoms in total. The minimum atomic E-state index is -0.382. The Kier molecular flexibility index (Phi) is 4.39. The van der Waals surface area contributed by atoms with E-state index in [9.17, 15) is 9.18 Å². The first-order valence-electron chi connectivity index (χ1n) is 8.38. The number of fused-ring (bicyclic) bond motifs is 1. The molecule has 0 spiro atoms. The Balaban J connectivity index is 1.33. The van der Waals surface area contributed by atoms with Crippen molar-refractivity contribution in [2.24, 2.45) is 0 Å². The first-order valence-corrected chi connectivity index (χ1v) is 8.38. The van der Waals surface area contributed by atoms with Gasteiger partial charge in [0.15, 0.2) is 12.3 Å². The Morgan fingerprint density at radius 2 is 1.96 bits per heavy atom. The maximum Gasteiger partial charge on any atom is 0.273 e. The predicted octanol–water partition coefficient (Wildman–Crippen LogP) is 3.29. The maximum absolute atomic E-state index is 13.1. The second kappa shape index (κ2) is 7.00. The maximum atomic E-state index is 13.1. The van der Waals surface area contributed by atoms with Crippen molar-refractivity contribution in [1.82, 2.24) is 10.3 Å². The van der Waals surface area contributed by atoms with Crippen LogP contribution in [0.15, 0.2) is 59.2 Å². The van der Waals surface area contributed by atoms with Gasteiger partial charge >= 0.3 is 0 Å². The molecular weight excluding hydrogens is 335 g/mol. The minimum Gasteiger partial charge on any atom is -0.484 e. The van der Waals surface area contributed by atoms with Gasteiger partial charge in [0.2, 0.25) is 5.89 Å². The van der Waals surface area contributed by atoms with Crippen molar-refractivity contribution in [1.29, 1.82) is 0 Å². The van der Waals surface area contributed by atoms with Crippen molar-refractivity contribution in [3.8, 4) is 5.75 Å². The van der Waals surface area contributed by atoms with E-state index in [1.54, 1.807) is 12.1 Å². The summed E-state index contributed by atoms with van der Waals surface area (Å²) in [7, 11) is 0. The van der Waals surface area contributed by atoms with Crippen molar-refractivity contribution in [2.45, 2.75) is 25.5 Å². The van der Waals surface area contributed by atoms with E-state index in [1.807, 2.05) is 12.1 Å². The van der Waals surface area contributed by atoms with Gasteiger partial charge in [-0.05, 0) is 36.1 Å². The second-order valence-electron chi connectivity index (χ2n) is 6.22. The van der Waals surface area contributed by atoms with Crippen LogP contribution in [0, 0.1) is 5.82 Å². The number of nitrogens with zero attached hydrogens (tertiary/aromatic N) is 1. The van der Waals surface area contributed by atoms with E-state index < -0.39 is 0 Å². The molecule has 1 aliphatic rings. The molecule has 0 saturated carbocycles. The quantitative estimate of drug-likeness (QED) is 0.765. The highest BCUT2D eigenvalue weighted by atomic mass is 19.1. The van der Waals surface area contributed by atoms with Crippen LogP contribution in [-0.4, -0.2) is 16.9 Å². The topological polar surface area (TPSA) is 64.4 Å². The van der Waals surface area contributed by atoms with E-state index in [2.05, 4.69) is 22.4 Å². The zero-order valence-electron chi connectivity index (χ0n) is 13.9. The Hall–Kier alpha value is -3.15. The molecule has 132 valence electrons. The average molecular weight is 352 g/mol. The number of hydrogen-bond donors (Lipinski definition) is 1. The van der Waals surface area contributed by atoms with Crippen LogP contribution < -0.4 is 10.1 Å². The molecule has 0 aliphatic heterocycles. The molecule has 1 N–H and O–H groups in total. The second-order valence-corrected chi connectivity index (χ2v) is 6.22. The Bertz CT molecular complexity index is 913. The summed E-state index contributed by atoms with van der Waals surface area (Å²) in [5.74, 6) is -0.0249. The summed E-state index contributed by atoms with van der Waals surface area (Å²) >= 11 is 0. The van der Waals surface area contributed by atoms with Gasteiger partial charge in [-0.3, -0.25) is 4.79 Å². The van der Waals surface area contributed by atoms with E-state index in [4.69, 9.17) is 9.15 Å². The number of benzene rings is 2. The molecule has 26 heavy (non-hydrogen) atoms. The summed E-state index contributed by atoms with van der Waals surface area (Å²) in [6.45, 7) is 0.0194. The first-order chi connectivity index (χ1) is 12.7. The SMILES string of the molecule is O=C(NC1Cc2ccccc2C1)c1coc(COc2cccc(F)c2)n1. The van der Waals surface area contributed by atoms with E-state index in [1.165, 1.54) is 29.5 Å². The van der Waals surface area contributed by atoms with Crippen LogP contribution in [0.25, 0.3) is 0 Å². The van der Waals surface area contributed by atoms with Gasteiger partial charge in [0.1, 0.15) is 17.8 Å². The summed E-state index contributed by atoms with van der Waals surface area (Å²) in [6, 6.07) is 14.0.